The van der Waals surface area contributed by atoms with Crippen LogP contribution in [0.2, 0.25) is 0 Å². The van der Waals surface area contributed by atoms with Crippen LogP contribution in [0.3, 0.4) is 0 Å². The third-order valence-electron chi connectivity index (χ3n) is 3.15. The minimum atomic E-state index is -0.478. The molecule has 2 aromatic heterocycles. The molecule has 7 nitrogen and oxygen atoms in total. The van der Waals surface area contributed by atoms with Gasteiger partial charge < -0.3 is 4.57 Å². The largest absolute Gasteiger partial charge is 0.348 e. The van der Waals surface area contributed by atoms with Gasteiger partial charge in [0.25, 0.3) is 5.56 Å². The maximum absolute atomic E-state index is 12.1. The second kappa shape index (κ2) is 3.64. The monoisotopic (exact) mass is 258 g/mol. The average molecular weight is 258 g/mol. The summed E-state index contributed by atoms with van der Waals surface area (Å²) in [5.41, 5.74) is 0.684. The van der Waals surface area contributed by atoms with Crippen molar-refractivity contribution in [1.29, 1.82) is 0 Å². The second-order valence-corrected chi connectivity index (χ2v) is 4.31. The minimum absolute atomic E-state index is 0.0376. The fraction of sp³-hybridized carbons (Fsp3) is 0.167. The number of carbonyl (C=O) groups excluding carboxylic acids is 1. The fourth-order valence-electron chi connectivity index (χ4n) is 2.12. The van der Waals surface area contributed by atoms with Gasteiger partial charge in [-0.05, 0) is 25.1 Å². The molecule has 1 aromatic carbocycles. The lowest BCUT2D eigenvalue weighted by Crippen LogP contribution is -2.23. The summed E-state index contributed by atoms with van der Waals surface area (Å²) in [7, 11) is 1.58. The Kier molecular flexibility index (Phi) is 2.19. The Hall–Kier alpha value is -2.70. The molecule has 0 aliphatic heterocycles. The molecule has 1 N–H and O–H groups in total. The van der Waals surface area contributed by atoms with Gasteiger partial charge >= 0.3 is 5.69 Å². The Morgan fingerprint density at radius 2 is 2.00 bits per heavy atom. The van der Waals surface area contributed by atoms with Gasteiger partial charge in [0.1, 0.15) is 0 Å². The number of rotatable bonds is 1. The average Bonchev–Trinajstić information content (AvgIpc) is 2.77. The summed E-state index contributed by atoms with van der Waals surface area (Å²) in [6.45, 7) is 1.45. The predicted molar refractivity (Wildman–Crippen MR) is 68.6 cm³/mol. The van der Waals surface area contributed by atoms with Crippen molar-refractivity contribution in [3.8, 4) is 0 Å². The van der Waals surface area contributed by atoms with Crippen LogP contribution in [0.15, 0.2) is 27.8 Å². The lowest BCUT2D eigenvalue weighted by molar-refractivity contribution is 0.101. The van der Waals surface area contributed by atoms with Crippen molar-refractivity contribution in [3.63, 3.8) is 0 Å². The van der Waals surface area contributed by atoms with E-state index in [2.05, 4.69) is 10.2 Å². The van der Waals surface area contributed by atoms with E-state index in [1.54, 1.807) is 25.2 Å². The van der Waals surface area contributed by atoms with Crippen LogP contribution in [-0.2, 0) is 7.05 Å². The zero-order valence-electron chi connectivity index (χ0n) is 10.3. The number of H-pyrrole nitrogens is 1. The van der Waals surface area contributed by atoms with E-state index in [0.29, 0.717) is 16.6 Å². The van der Waals surface area contributed by atoms with Crippen molar-refractivity contribution in [2.24, 2.45) is 7.05 Å². The highest BCUT2D eigenvalue weighted by molar-refractivity contribution is 5.97. The van der Waals surface area contributed by atoms with E-state index in [1.807, 2.05) is 0 Å². The first-order chi connectivity index (χ1) is 9.00. The molecule has 0 aliphatic rings. The molecule has 0 saturated carbocycles. The van der Waals surface area contributed by atoms with Gasteiger partial charge in [0.05, 0.1) is 11.0 Å². The summed E-state index contributed by atoms with van der Waals surface area (Å²) in [6, 6.07) is 4.85. The second-order valence-electron chi connectivity index (χ2n) is 4.31. The zero-order chi connectivity index (χ0) is 13.7. The van der Waals surface area contributed by atoms with Gasteiger partial charge in [0.15, 0.2) is 5.78 Å². The van der Waals surface area contributed by atoms with Crippen molar-refractivity contribution in [2.45, 2.75) is 6.92 Å². The van der Waals surface area contributed by atoms with Crippen LogP contribution in [-0.4, -0.2) is 24.9 Å². The number of fused-ring (bicyclic) bond motifs is 3. The molecule has 3 rings (SSSR count). The highest BCUT2D eigenvalue weighted by Gasteiger charge is 2.13. The summed E-state index contributed by atoms with van der Waals surface area (Å²) < 4.78 is 2.58. The van der Waals surface area contributed by atoms with Crippen molar-refractivity contribution in [3.05, 3.63) is 44.6 Å². The molecule has 3 aromatic rings. The van der Waals surface area contributed by atoms with Crippen LogP contribution in [0.1, 0.15) is 17.3 Å². The van der Waals surface area contributed by atoms with Gasteiger partial charge in [0.2, 0.25) is 5.65 Å². The van der Waals surface area contributed by atoms with Gasteiger partial charge in [-0.1, -0.05) is 0 Å². The van der Waals surface area contributed by atoms with E-state index in [1.165, 1.54) is 15.9 Å². The minimum Gasteiger partial charge on any atom is -0.307 e. The molecule has 0 aliphatic carbocycles. The summed E-state index contributed by atoms with van der Waals surface area (Å²) in [4.78, 5) is 35.2. The Bertz CT molecular complexity index is 945. The molecule has 2 heterocycles. The van der Waals surface area contributed by atoms with E-state index in [-0.39, 0.29) is 11.4 Å². The van der Waals surface area contributed by atoms with Crippen molar-refractivity contribution in [1.82, 2.24) is 19.2 Å². The Balaban J connectivity index is 2.64. The van der Waals surface area contributed by atoms with E-state index in [0.717, 1.165) is 0 Å². The van der Waals surface area contributed by atoms with Crippen molar-refractivity contribution in [2.75, 3.05) is 0 Å². The summed E-state index contributed by atoms with van der Waals surface area (Å²) in [5, 5.41) is 5.96. The van der Waals surface area contributed by atoms with E-state index in [9.17, 15) is 14.4 Å². The highest BCUT2D eigenvalue weighted by Crippen LogP contribution is 2.14. The Morgan fingerprint density at radius 3 is 2.68 bits per heavy atom. The number of ketones is 1. The number of benzene rings is 1. The predicted octanol–water partition coefficient (Wildman–Crippen LogP) is 0.0771. The quantitative estimate of drug-likeness (QED) is 0.626. The molecule has 0 radical (unpaired) electrons. The molecule has 7 heteroatoms. The fourth-order valence-corrected chi connectivity index (χ4v) is 2.12. The first-order valence-corrected chi connectivity index (χ1v) is 5.61. The molecule has 0 bridgehead atoms. The van der Waals surface area contributed by atoms with Crippen LogP contribution < -0.4 is 11.2 Å². The third kappa shape index (κ3) is 1.44. The zero-order valence-corrected chi connectivity index (χ0v) is 10.3. The topological polar surface area (TPSA) is 89.2 Å². The maximum Gasteiger partial charge on any atom is 0.348 e. The lowest BCUT2D eigenvalue weighted by Gasteiger charge is -2.07. The van der Waals surface area contributed by atoms with Gasteiger partial charge in [-0.25, -0.2) is 14.3 Å². The number of aromatic nitrogens is 4. The van der Waals surface area contributed by atoms with Crippen LogP contribution in [0.4, 0.5) is 0 Å². The number of aryl methyl sites for hydroxylation is 1. The Morgan fingerprint density at radius 1 is 1.26 bits per heavy atom. The third-order valence-corrected chi connectivity index (χ3v) is 3.15. The molecule has 0 fully saturated rings. The smallest absolute Gasteiger partial charge is 0.307 e. The molecular weight excluding hydrogens is 248 g/mol. The number of aromatic amines is 1. The van der Waals surface area contributed by atoms with Crippen LogP contribution in [0.25, 0.3) is 16.7 Å². The lowest BCUT2D eigenvalue weighted by atomic mass is 10.1. The SMILES string of the molecule is CC(=O)c1ccc2c(c1)n(C)c(=O)c1n[nH]c(=O)n12. The number of nitrogens with one attached hydrogen (secondary N) is 1. The molecule has 96 valence electrons. The first kappa shape index (κ1) is 11.4. The van der Waals surface area contributed by atoms with E-state index < -0.39 is 11.2 Å². The van der Waals surface area contributed by atoms with Crippen LogP contribution in [0.5, 0.6) is 0 Å². The van der Waals surface area contributed by atoms with Crippen LogP contribution >= 0.6 is 0 Å². The van der Waals surface area contributed by atoms with Gasteiger partial charge in [-0.3, -0.25) is 9.59 Å². The van der Waals surface area contributed by atoms with Crippen LogP contribution in [0, 0.1) is 0 Å². The molecule has 0 atom stereocenters. The highest BCUT2D eigenvalue weighted by atomic mass is 16.2. The van der Waals surface area contributed by atoms with Crippen molar-refractivity contribution >= 4 is 22.5 Å². The van der Waals surface area contributed by atoms with E-state index >= 15 is 0 Å². The molecule has 19 heavy (non-hydrogen) atoms. The standard InChI is InChI=1S/C12H10N4O3/c1-6(17)7-3-4-8-9(5-7)15(2)11(18)10-13-14-12(19)16(8)10/h3-5H,1-2H3,(H,14,19). The molecule has 0 unspecified atom stereocenters. The van der Waals surface area contributed by atoms with Gasteiger partial charge in [0, 0.05) is 12.6 Å². The number of hydrogen-bond acceptors (Lipinski definition) is 4. The number of nitrogens with zero attached hydrogens (tertiary/aromatic N) is 3. The number of hydrogen-bond donors (Lipinski definition) is 1. The summed E-state index contributed by atoms with van der Waals surface area (Å²) in [6.07, 6.45) is 0. The summed E-state index contributed by atoms with van der Waals surface area (Å²) in [5.74, 6) is -0.103. The number of Topliss-reactive ketones (excluding diaryl/α,β-unsaturated/α-hetero) is 1. The van der Waals surface area contributed by atoms with Crippen molar-refractivity contribution < 1.29 is 4.79 Å². The normalized spacial score (nSPS) is 11.3. The van der Waals surface area contributed by atoms with Gasteiger partial charge in [-0.2, -0.15) is 0 Å². The maximum atomic E-state index is 12.1. The van der Waals surface area contributed by atoms with Gasteiger partial charge in [-0.15, -0.1) is 5.10 Å². The molecule has 0 amide bonds. The molecule has 0 spiro atoms. The molecular formula is C12H10N4O3. The first-order valence-electron chi connectivity index (χ1n) is 5.61. The Labute approximate surface area is 106 Å². The number of carbonyl (C=O) groups is 1. The molecule has 0 saturated heterocycles. The summed E-state index contributed by atoms with van der Waals surface area (Å²) >= 11 is 0. The van der Waals surface area contributed by atoms with E-state index in [4.69, 9.17) is 0 Å².